The van der Waals surface area contributed by atoms with Gasteiger partial charge in [0.05, 0.1) is 18.7 Å². The third kappa shape index (κ3) is 3.26. The summed E-state index contributed by atoms with van der Waals surface area (Å²) < 4.78 is 11.0. The van der Waals surface area contributed by atoms with Gasteiger partial charge in [0, 0.05) is 6.07 Å². The number of hydrogen-bond donors (Lipinski definition) is 0. The monoisotopic (exact) mass is 253 g/mol. The van der Waals surface area contributed by atoms with Crippen molar-refractivity contribution in [1.29, 1.82) is 5.26 Å². The summed E-state index contributed by atoms with van der Waals surface area (Å²) in [5.74, 6) is 1.22. The van der Waals surface area contributed by atoms with Gasteiger partial charge in [0.15, 0.2) is 11.5 Å². The number of methoxy groups -OCH3 is 1. The van der Waals surface area contributed by atoms with E-state index in [9.17, 15) is 0 Å². The Morgan fingerprint density at radius 3 is 2.63 bits per heavy atom. The number of nitrogens with zero attached hydrogens (tertiary/aromatic N) is 1. The highest BCUT2D eigenvalue weighted by Crippen LogP contribution is 2.28. The molecule has 2 rings (SSSR count). The van der Waals surface area contributed by atoms with Gasteiger partial charge >= 0.3 is 0 Å². The average Bonchev–Trinajstić information content (AvgIpc) is 2.45. The van der Waals surface area contributed by atoms with Gasteiger partial charge in [-0.05, 0) is 24.6 Å². The van der Waals surface area contributed by atoms with E-state index in [1.54, 1.807) is 25.3 Å². The average molecular weight is 253 g/mol. The summed E-state index contributed by atoms with van der Waals surface area (Å²) in [6.45, 7) is 2.49. The topological polar surface area (TPSA) is 42.2 Å². The molecule has 3 nitrogen and oxygen atoms in total. The number of hydrogen-bond acceptors (Lipinski definition) is 3. The van der Waals surface area contributed by atoms with E-state index in [4.69, 9.17) is 14.7 Å². The SMILES string of the molecule is COc1ccc(C#N)cc1OCc1cccc(C)c1. The normalized spacial score (nSPS) is 9.74. The maximum Gasteiger partial charge on any atom is 0.162 e. The van der Waals surface area contributed by atoms with Gasteiger partial charge < -0.3 is 9.47 Å². The molecule has 19 heavy (non-hydrogen) atoms. The zero-order valence-electron chi connectivity index (χ0n) is 11.0. The van der Waals surface area contributed by atoms with E-state index in [0.29, 0.717) is 23.7 Å². The highest BCUT2D eigenvalue weighted by Gasteiger charge is 2.06. The molecule has 0 amide bonds. The van der Waals surface area contributed by atoms with Crippen LogP contribution in [0.3, 0.4) is 0 Å². The van der Waals surface area contributed by atoms with Crippen LogP contribution in [0.2, 0.25) is 0 Å². The molecule has 0 unspecified atom stereocenters. The molecule has 0 aliphatic rings. The minimum atomic E-state index is 0.451. The predicted octanol–water partition coefficient (Wildman–Crippen LogP) is 3.45. The zero-order valence-corrected chi connectivity index (χ0v) is 11.0. The van der Waals surface area contributed by atoms with E-state index in [1.807, 2.05) is 25.1 Å². The Balaban J connectivity index is 2.16. The van der Waals surface area contributed by atoms with Gasteiger partial charge in [0.1, 0.15) is 6.61 Å². The highest BCUT2D eigenvalue weighted by atomic mass is 16.5. The molecule has 0 saturated carbocycles. The Hall–Kier alpha value is -2.47. The van der Waals surface area contributed by atoms with E-state index in [-0.39, 0.29) is 0 Å². The smallest absolute Gasteiger partial charge is 0.162 e. The fourth-order valence-corrected chi connectivity index (χ4v) is 1.82. The maximum absolute atomic E-state index is 8.90. The van der Waals surface area contributed by atoms with Crippen LogP contribution in [0.1, 0.15) is 16.7 Å². The molecule has 0 bridgehead atoms. The molecule has 0 atom stereocenters. The molecule has 0 radical (unpaired) electrons. The van der Waals surface area contributed by atoms with Crippen LogP contribution in [0.25, 0.3) is 0 Å². The van der Waals surface area contributed by atoms with Crippen LogP contribution in [0.4, 0.5) is 0 Å². The minimum absolute atomic E-state index is 0.451. The van der Waals surface area contributed by atoms with E-state index in [0.717, 1.165) is 5.56 Å². The molecule has 0 aliphatic carbocycles. The van der Waals surface area contributed by atoms with Crippen molar-refractivity contribution in [2.75, 3.05) is 7.11 Å². The number of rotatable bonds is 4. The first kappa shape index (κ1) is 13.0. The molecule has 0 aliphatic heterocycles. The van der Waals surface area contributed by atoms with Crippen LogP contribution in [0.5, 0.6) is 11.5 Å². The van der Waals surface area contributed by atoms with Crippen molar-refractivity contribution in [2.24, 2.45) is 0 Å². The fourth-order valence-electron chi connectivity index (χ4n) is 1.82. The highest BCUT2D eigenvalue weighted by molar-refractivity contribution is 5.46. The summed E-state index contributed by atoms with van der Waals surface area (Å²) in [5.41, 5.74) is 2.84. The largest absolute Gasteiger partial charge is 0.493 e. The van der Waals surface area contributed by atoms with Gasteiger partial charge in [-0.25, -0.2) is 0 Å². The number of ether oxygens (including phenoxy) is 2. The Morgan fingerprint density at radius 2 is 1.95 bits per heavy atom. The summed E-state index contributed by atoms with van der Waals surface area (Å²) in [6, 6.07) is 15.3. The first-order chi connectivity index (χ1) is 9.22. The molecule has 3 heteroatoms. The van der Waals surface area contributed by atoms with Gasteiger partial charge in [-0.1, -0.05) is 29.8 Å². The van der Waals surface area contributed by atoms with Gasteiger partial charge in [-0.2, -0.15) is 5.26 Å². The van der Waals surface area contributed by atoms with Crippen LogP contribution >= 0.6 is 0 Å². The summed E-state index contributed by atoms with van der Waals surface area (Å²) in [4.78, 5) is 0. The van der Waals surface area contributed by atoms with E-state index < -0.39 is 0 Å². The Bertz CT molecular complexity index is 614. The first-order valence-electron chi connectivity index (χ1n) is 5.99. The van der Waals surface area contributed by atoms with Crippen molar-refractivity contribution in [3.63, 3.8) is 0 Å². The molecule has 0 heterocycles. The van der Waals surface area contributed by atoms with Crippen molar-refractivity contribution < 1.29 is 9.47 Å². The summed E-state index contributed by atoms with van der Waals surface area (Å²) in [7, 11) is 1.58. The molecular weight excluding hydrogens is 238 g/mol. The summed E-state index contributed by atoms with van der Waals surface area (Å²) in [5, 5.41) is 8.90. The van der Waals surface area contributed by atoms with Crippen molar-refractivity contribution in [1.82, 2.24) is 0 Å². The summed E-state index contributed by atoms with van der Waals surface area (Å²) >= 11 is 0. The van der Waals surface area contributed by atoms with Crippen molar-refractivity contribution in [3.8, 4) is 17.6 Å². The lowest BCUT2D eigenvalue weighted by molar-refractivity contribution is 0.284. The third-order valence-electron chi connectivity index (χ3n) is 2.77. The van der Waals surface area contributed by atoms with Crippen molar-refractivity contribution in [3.05, 3.63) is 59.2 Å². The Kier molecular flexibility index (Phi) is 4.04. The van der Waals surface area contributed by atoms with Crippen LogP contribution in [-0.2, 0) is 6.61 Å². The predicted molar refractivity (Wildman–Crippen MR) is 73.2 cm³/mol. The molecular formula is C16H15NO2. The van der Waals surface area contributed by atoms with Crippen LogP contribution in [0.15, 0.2) is 42.5 Å². The molecule has 2 aromatic carbocycles. The van der Waals surface area contributed by atoms with Crippen molar-refractivity contribution in [2.45, 2.75) is 13.5 Å². The standard InChI is InChI=1S/C16H15NO2/c1-12-4-3-5-14(8-12)11-19-16-9-13(10-17)6-7-15(16)18-2/h3-9H,11H2,1-2H3. The zero-order chi connectivity index (χ0) is 13.7. The van der Waals surface area contributed by atoms with Gasteiger partial charge in [-0.15, -0.1) is 0 Å². The van der Waals surface area contributed by atoms with E-state index in [2.05, 4.69) is 12.1 Å². The lowest BCUT2D eigenvalue weighted by atomic mass is 10.1. The van der Waals surface area contributed by atoms with Gasteiger partial charge in [-0.3, -0.25) is 0 Å². The third-order valence-corrected chi connectivity index (χ3v) is 2.77. The molecule has 96 valence electrons. The molecule has 0 saturated heterocycles. The quantitative estimate of drug-likeness (QED) is 0.838. The molecule has 0 N–H and O–H groups in total. The number of nitriles is 1. The van der Waals surface area contributed by atoms with Crippen LogP contribution in [-0.4, -0.2) is 7.11 Å². The van der Waals surface area contributed by atoms with E-state index >= 15 is 0 Å². The molecule has 2 aromatic rings. The second kappa shape index (κ2) is 5.92. The van der Waals surface area contributed by atoms with Gasteiger partial charge in [0.2, 0.25) is 0 Å². The number of aryl methyl sites for hydroxylation is 1. The second-order valence-electron chi connectivity index (χ2n) is 4.26. The lowest BCUT2D eigenvalue weighted by Gasteiger charge is -2.11. The fraction of sp³-hybridized carbons (Fsp3) is 0.188. The molecule has 0 aromatic heterocycles. The Morgan fingerprint density at radius 1 is 1.11 bits per heavy atom. The first-order valence-corrected chi connectivity index (χ1v) is 5.99. The summed E-state index contributed by atoms with van der Waals surface area (Å²) in [6.07, 6.45) is 0. The molecule has 0 fully saturated rings. The second-order valence-corrected chi connectivity index (χ2v) is 4.26. The van der Waals surface area contributed by atoms with Crippen molar-refractivity contribution >= 4 is 0 Å². The van der Waals surface area contributed by atoms with E-state index in [1.165, 1.54) is 5.56 Å². The lowest BCUT2D eigenvalue weighted by Crippen LogP contribution is -1.98. The minimum Gasteiger partial charge on any atom is -0.493 e. The molecule has 0 spiro atoms. The number of benzene rings is 2. The Labute approximate surface area is 113 Å². The van der Waals surface area contributed by atoms with Gasteiger partial charge in [0.25, 0.3) is 0 Å². The van der Waals surface area contributed by atoms with Crippen LogP contribution < -0.4 is 9.47 Å². The maximum atomic E-state index is 8.90. The van der Waals surface area contributed by atoms with Crippen LogP contribution in [0, 0.1) is 18.3 Å².